The normalized spacial score (nSPS) is 13.0. The van der Waals surface area contributed by atoms with Crippen molar-refractivity contribution in [1.82, 2.24) is 19.9 Å². The van der Waals surface area contributed by atoms with Crippen molar-refractivity contribution in [2.45, 2.75) is 18.8 Å². The van der Waals surface area contributed by atoms with Gasteiger partial charge in [-0.3, -0.25) is 4.79 Å². The van der Waals surface area contributed by atoms with E-state index in [0.29, 0.717) is 22.4 Å². The van der Waals surface area contributed by atoms with Gasteiger partial charge in [0.05, 0.1) is 17.8 Å². The Bertz CT molecular complexity index is 1220. The van der Waals surface area contributed by atoms with Crippen molar-refractivity contribution in [1.29, 1.82) is 0 Å². The first kappa shape index (κ1) is 21.6. The van der Waals surface area contributed by atoms with Crippen molar-refractivity contribution < 1.29 is 9.53 Å². The number of halogens is 2. The molecule has 0 aliphatic rings. The van der Waals surface area contributed by atoms with Crippen LogP contribution in [0.3, 0.4) is 0 Å². The van der Waals surface area contributed by atoms with Gasteiger partial charge in [0.15, 0.2) is 11.2 Å². The lowest BCUT2D eigenvalue weighted by molar-refractivity contribution is -0.148. The molecule has 2 aromatic carbocycles. The second kappa shape index (κ2) is 9.23. The van der Waals surface area contributed by atoms with Gasteiger partial charge < -0.3 is 4.74 Å². The summed E-state index contributed by atoms with van der Waals surface area (Å²) in [6.45, 7) is 1.97. The van der Waals surface area contributed by atoms with E-state index in [0.717, 1.165) is 9.13 Å². The Kier molecular flexibility index (Phi) is 6.43. The van der Waals surface area contributed by atoms with E-state index < -0.39 is 11.4 Å². The highest BCUT2D eigenvalue weighted by Gasteiger charge is 2.49. The van der Waals surface area contributed by atoms with Crippen LogP contribution in [0.25, 0.3) is 10.9 Å². The third-order valence-electron chi connectivity index (χ3n) is 4.92. The van der Waals surface area contributed by atoms with Crippen LogP contribution < -0.4 is 0 Å². The van der Waals surface area contributed by atoms with Gasteiger partial charge >= 0.3 is 5.97 Å². The van der Waals surface area contributed by atoms with E-state index in [9.17, 15) is 4.79 Å². The zero-order valence-corrected chi connectivity index (χ0v) is 19.5. The van der Waals surface area contributed by atoms with E-state index >= 15 is 0 Å². The van der Waals surface area contributed by atoms with E-state index in [1.54, 1.807) is 25.4 Å². The molecule has 0 saturated heterocycles. The van der Waals surface area contributed by atoms with Crippen LogP contribution in [-0.2, 0) is 21.4 Å². The quantitative estimate of drug-likeness (QED) is 0.198. The first-order valence-electron chi connectivity index (χ1n) is 9.66. The number of hydrogen-bond acceptors (Lipinski definition) is 6. The van der Waals surface area contributed by atoms with Gasteiger partial charge in [-0.15, -0.1) is 0 Å². The van der Waals surface area contributed by atoms with Crippen molar-refractivity contribution in [3.63, 3.8) is 0 Å². The Morgan fingerprint density at radius 3 is 2.52 bits per heavy atom. The van der Waals surface area contributed by atoms with Crippen molar-refractivity contribution in [2.24, 2.45) is 0 Å². The van der Waals surface area contributed by atoms with Crippen LogP contribution in [0.5, 0.6) is 0 Å². The minimum atomic E-state index is -1.41. The highest BCUT2D eigenvalue weighted by Crippen LogP contribution is 2.38. The van der Waals surface area contributed by atoms with Gasteiger partial charge in [0.2, 0.25) is 5.28 Å². The third-order valence-corrected chi connectivity index (χ3v) is 5.76. The molecule has 0 saturated carbocycles. The SMILES string of the molecule is CCOC(=O)C(Cc1ccccc1)(c1ncccn1)c1nc(Cl)nc2ccc(I)cc12. The highest BCUT2D eigenvalue weighted by molar-refractivity contribution is 14.1. The number of benzene rings is 2. The number of hydrogen-bond donors (Lipinski definition) is 0. The van der Waals surface area contributed by atoms with E-state index in [1.165, 1.54) is 0 Å². The first-order valence-corrected chi connectivity index (χ1v) is 11.1. The summed E-state index contributed by atoms with van der Waals surface area (Å²) in [7, 11) is 0. The third kappa shape index (κ3) is 4.24. The predicted molar refractivity (Wildman–Crippen MR) is 127 cm³/mol. The van der Waals surface area contributed by atoms with Gasteiger partial charge in [-0.2, -0.15) is 0 Å². The molecule has 0 N–H and O–H groups in total. The highest BCUT2D eigenvalue weighted by atomic mass is 127. The fourth-order valence-electron chi connectivity index (χ4n) is 3.60. The maximum absolute atomic E-state index is 13.7. The molecule has 0 fully saturated rings. The molecule has 4 aromatic rings. The fraction of sp³-hybridized carbons (Fsp3) is 0.174. The molecule has 6 nitrogen and oxygen atoms in total. The Labute approximate surface area is 198 Å². The maximum atomic E-state index is 13.7. The van der Waals surface area contributed by atoms with E-state index in [1.807, 2.05) is 48.5 Å². The molecular formula is C23H18ClIN4O2. The number of carbonyl (C=O) groups excluding carboxylic acids is 1. The summed E-state index contributed by atoms with van der Waals surface area (Å²) < 4.78 is 6.56. The summed E-state index contributed by atoms with van der Waals surface area (Å²) >= 11 is 8.54. The van der Waals surface area contributed by atoms with Crippen molar-refractivity contribution in [3.8, 4) is 0 Å². The predicted octanol–water partition coefficient (Wildman–Crippen LogP) is 4.77. The molecule has 0 spiro atoms. The van der Waals surface area contributed by atoms with Gasteiger partial charge in [-0.05, 0) is 70.9 Å². The summed E-state index contributed by atoms with van der Waals surface area (Å²) in [5, 5.41) is 0.745. The Morgan fingerprint density at radius 2 is 1.81 bits per heavy atom. The molecule has 2 heterocycles. The molecule has 1 unspecified atom stereocenters. The molecule has 31 heavy (non-hydrogen) atoms. The van der Waals surface area contributed by atoms with Crippen LogP contribution in [0.15, 0.2) is 67.0 Å². The number of ether oxygens (including phenoxy) is 1. The molecule has 156 valence electrons. The number of fused-ring (bicyclic) bond motifs is 1. The molecule has 1 atom stereocenters. The van der Waals surface area contributed by atoms with Crippen LogP contribution in [0, 0.1) is 3.57 Å². The average Bonchev–Trinajstić information content (AvgIpc) is 2.79. The molecule has 0 radical (unpaired) electrons. The van der Waals surface area contributed by atoms with Gasteiger partial charge in [0, 0.05) is 27.8 Å². The smallest absolute Gasteiger partial charge is 0.326 e. The number of carbonyl (C=O) groups is 1. The minimum Gasteiger partial charge on any atom is -0.465 e. The molecule has 4 rings (SSSR count). The molecule has 8 heteroatoms. The van der Waals surface area contributed by atoms with Crippen LogP contribution in [0.2, 0.25) is 5.28 Å². The van der Waals surface area contributed by atoms with E-state index in [2.05, 4.69) is 42.5 Å². The molecule has 0 amide bonds. The minimum absolute atomic E-state index is 0.0429. The van der Waals surface area contributed by atoms with Crippen molar-refractivity contribution in [2.75, 3.05) is 6.61 Å². The molecule has 0 bridgehead atoms. The second-order valence-electron chi connectivity index (χ2n) is 6.86. The number of esters is 1. The van der Waals surface area contributed by atoms with Gasteiger partial charge in [0.1, 0.15) is 0 Å². The Balaban J connectivity index is 2.10. The standard InChI is InChI=1S/C23H18ClIN4O2/c1-2-31-21(30)23(20-26-11-6-12-27-20,14-15-7-4-3-5-8-15)19-17-13-16(25)9-10-18(17)28-22(24)29-19/h3-13H,2,14H2,1H3. The van der Waals surface area contributed by atoms with Crippen LogP contribution in [0.1, 0.15) is 24.0 Å². The average molecular weight is 545 g/mol. The van der Waals surface area contributed by atoms with E-state index in [-0.39, 0.29) is 18.3 Å². The summed E-state index contributed by atoms with van der Waals surface area (Å²) in [5.74, 6) is -0.188. The van der Waals surface area contributed by atoms with Gasteiger partial charge in [0.25, 0.3) is 0 Å². The van der Waals surface area contributed by atoms with Crippen LogP contribution in [-0.4, -0.2) is 32.5 Å². The van der Waals surface area contributed by atoms with Crippen molar-refractivity contribution in [3.05, 3.63) is 92.9 Å². The van der Waals surface area contributed by atoms with Gasteiger partial charge in [-0.25, -0.2) is 19.9 Å². The summed E-state index contributed by atoms with van der Waals surface area (Å²) in [6, 6.07) is 17.1. The van der Waals surface area contributed by atoms with E-state index in [4.69, 9.17) is 16.3 Å². The summed E-state index contributed by atoms with van der Waals surface area (Å²) in [5.41, 5.74) is 0.563. The Hall–Kier alpha value is -2.65. The number of nitrogens with zero attached hydrogens (tertiary/aromatic N) is 4. The van der Waals surface area contributed by atoms with Gasteiger partial charge in [-0.1, -0.05) is 30.3 Å². The number of aromatic nitrogens is 4. The monoisotopic (exact) mass is 544 g/mol. The van der Waals surface area contributed by atoms with Crippen LogP contribution in [0.4, 0.5) is 0 Å². The molecule has 0 aliphatic carbocycles. The van der Waals surface area contributed by atoms with Crippen molar-refractivity contribution >= 4 is 51.1 Å². The van der Waals surface area contributed by atoms with Crippen LogP contribution >= 0.6 is 34.2 Å². The first-order chi connectivity index (χ1) is 15.0. The second-order valence-corrected chi connectivity index (χ2v) is 8.45. The number of rotatable bonds is 6. The topological polar surface area (TPSA) is 77.9 Å². The maximum Gasteiger partial charge on any atom is 0.326 e. The lowest BCUT2D eigenvalue weighted by Gasteiger charge is -2.30. The zero-order valence-electron chi connectivity index (χ0n) is 16.6. The largest absolute Gasteiger partial charge is 0.465 e. The Morgan fingerprint density at radius 1 is 1.06 bits per heavy atom. The lowest BCUT2D eigenvalue weighted by Crippen LogP contribution is -2.43. The summed E-state index contributed by atoms with van der Waals surface area (Å²) in [4.78, 5) is 31.6. The lowest BCUT2D eigenvalue weighted by atomic mass is 9.76. The zero-order chi connectivity index (χ0) is 21.8. The summed E-state index contributed by atoms with van der Waals surface area (Å²) in [6.07, 6.45) is 3.47. The molecular weight excluding hydrogens is 527 g/mol. The molecule has 2 aromatic heterocycles. The fourth-order valence-corrected chi connectivity index (χ4v) is 4.27. The molecule has 0 aliphatic heterocycles.